The lowest BCUT2D eigenvalue weighted by molar-refractivity contribution is -0.132. The molecule has 7 heteroatoms. The van der Waals surface area contributed by atoms with Crippen LogP contribution in [0.25, 0.3) is 0 Å². The maximum atomic E-state index is 12.8. The van der Waals surface area contributed by atoms with E-state index in [1.54, 1.807) is 0 Å². The van der Waals surface area contributed by atoms with Gasteiger partial charge in [-0.05, 0) is 37.5 Å². The number of carbonyl (C=O) groups is 1. The van der Waals surface area contributed by atoms with Gasteiger partial charge in [0.05, 0.1) is 19.0 Å². The first kappa shape index (κ1) is 17.5. The molecule has 1 fully saturated rings. The van der Waals surface area contributed by atoms with E-state index in [4.69, 9.17) is 10.00 Å². The Morgan fingerprint density at radius 3 is 2.73 bits per heavy atom. The molecule has 132 valence electrons. The number of aromatic nitrogens is 2. The average molecular weight is 349 g/mol. The van der Waals surface area contributed by atoms with Crippen LogP contribution in [0.15, 0.2) is 30.6 Å². The van der Waals surface area contributed by atoms with Gasteiger partial charge in [-0.15, -0.1) is 0 Å². The number of likely N-dealkylation sites (tertiary alicyclic amines) is 1. The van der Waals surface area contributed by atoms with Crippen molar-refractivity contribution >= 4 is 5.91 Å². The fraction of sp³-hybridized carbons (Fsp3) is 0.368. The van der Waals surface area contributed by atoms with E-state index in [9.17, 15) is 10.1 Å². The van der Waals surface area contributed by atoms with Gasteiger partial charge in [-0.3, -0.25) is 4.79 Å². The third-order valence-electron chi connectivity index (χ3n) is 4.50. The lowest BCUT2D eigenvalue weighted by Gasteiger charge is -2.25. The summed E-state index contributed by atoms with van der Waals surface area (Å²) in [4.78, 5) is 18.5. The average Bonchev–Trinajstić information content (AvgIpc) is 3.29. The van der Waals surface area contributed by atoms with Crippen molar-refractivity contribution in [2.75, 3.05) is 13.2 Å². The highest BCUT2D eigenvalue weighted by atomic mass is 16.5. The summed E-state index contributed by atoms with van der Waals surface area (Å²) in [5.41, 5.74) is 1.24. The molecule has 1 amide bonds. The maximum Gasteiger partial charge on any atom is 0.243 e. The molecule has 0 spiro atoms. The van der Waals surface area contributed by atoms with Crippen LogP contribution in [0.3, 0.4) is 0 Å². The number of nitriles is 2. The van der Waals surface area contributed by atoms with Gasteiger partial charge >= 0.3 is 0 Å². The number of ether oxygens (including phenoxy) is 1. The Bertz CT molecular complexity index is 873. The summed E-state index contributed by atoms with van der Waals surface area (Å²) in [6.07, 6.45) is 3.21. The zero-order valence-electron chi connectivity index (χ0n) is 14.6. The van der Waals surface area contributed by atoms with E-state index in [2.05, 4.69) is 4.98 Å². The van der Waals surface area contributed by atoms with E-state index in [0.29, 0.717) is 13.2 Å². The van der Waals surface area contributed by atoms with Crippen LogP contribution in [0.4, 0.5) is 0 Å². The molecule has 0 radical (unpaired) electrons. The monoisotopic (exact) mass is 349 g/mol. The molecule has 0 aliphatic carbocycles. The number of carbonyl (C=O) groups excluding carboxylic acids is 1. The molecule has 0 unspecified atom stereocenters. The summed E-state index contributed by atoms with van der Waals surface area (Å²) in [6.45, 7) is 3.24. The number of nitrogens with zero attached hydrogens (tertiary/aromatic N) is 5. The van der Waals surface area contributed by atoms with Crippen molar-refractivity contribution in [1.82, 2.24) is 14.5 Å². The molecule has 2 aromatic rings. The summed E-state index contributed by atoms with van der Waals surface area (Å²) >= 11 is 0. The molecule has 0 bridgehead atoms. The van der Waals surface area contributed by atoms with E-state index < -0.39 is 0 Å². The number of imidazole rings is 1. The van der Waals surface area contributed by atoms with Gasteiger partial charge in [0.2, 0.25) is 5.91 Å². The predicted octanol–water partition coefficient (Wildman–Crippen LogP) is 2.39. The van der Waals surface area contributed by atoms with Gasteiger partial charge in [0.1, 0.15) is 24.4 Å². The number of amides is 1. The van der Waals surface area contributed by atoms with E-state index in [1.165, 1.54) is 10.9 Å². The van der Waals surface area contributed by atoms with Crippen LogP contribution >= 0.6 is 0 Å². The Morgan fingerprint density at radius 1 is 1.31 bits per heavy atom. The minimum atomic E-state index is -0.0835. The van der Waals surface area contributed by atoms with Crippen molar-refractivity contribution in [3.8, 4) is 17.9 Å². The fourth-order valence-corrected chi connectivity index (χ4v) is 3.30. The first-order chi connectivity index (χ1) is 12.7. The van der Waals surface area contributed by atoms with Gasteiger partial charge in [0.15, 0.2) is 11.4 Å². The van der Waals surface area contributed by atoms with E-state index in [1.807, 2.05) is 48.2 Å². The summed E-state index contributed by atoms with van der Waals surface area (Å²) < 4.78 is 6.91. The third-order valence-corrected chi connectivity index (χ3v) is 4.50. The van der Waals surface area contributed by atoms with Crippen molar-refractivity contribution in [2.24, 2.45) is 0 Å². The van der Waals surface area contributed by atoms with Gasteiger partial charge in [0.25, 0.3) is 0 Å². The Hall–Kier alpha value is -3.32. The summed E-state index contributed by atoms with van der Waals surface area (Å²) in [5, 5.41) is 18.2. The number of hydrogen-bond donors (Lipinski definition) is 0. The minimum absolute atomic E-state index is 0.00506. The molecule has 0 saturated carbocycles. The number of hydrogen-bond acceptors (Lipinski definition) is 5. The molecule has 1 atom stereocenters. The highest BCUT2D eigenvalue weighted by molar-refractivity contribution is 5.77. The van der Waals surface area contributed by atoms with Crippen molar-refractivity contribution in [1.29, 1.82) is 10.5 Å². The van der Waals surface area contributed by atoms with Crippen molar-refractivity contribution < 1.29 is 9.53 Å². The van der Waals surface area contributed by atoms with Crippen LogP contribution in [0.2, 0.25) is 0 Å². The van der Waals surface area contributed by atoms with Gasteiger partial charge < -0.3 is 14.2 Å². The number of benzene rings is 1. The van der Waals surface area contributed by atoms with Crippen LogP contribution < -0.4 is 4.74 Å². The molecule has 3 rings (SSSR count). The molecule has 26 heavy (non-hydrogen) atoms. The lowest BCUT2D eigenvalue weighted by atomic mass is 10.0. The van der Waals surface area contributed by atoms with Gasteiger partial charge in [-0.1, -0.05) is 12.1 Å². The minimum Gasteiger partial charge on any atom is -0.494 e. The summed E-state index contributed by atoms with van der Waals surface area (Å²) in [5.74, 6) is 0.730. The second kappa shape index (κ2) is 7.71. The van der Waals surface area contributed by atoms with Crippen molar-refractivity contribution in [3.63, 3.8) is 0 Å². The van der Waals surface area contributed by atoms with Crippen molar-refractivity contribution in [2.45, 2.75) is 32.4 Å². The van der Waals surface area contributed by atoms with Crippen molar-refractivity contribution in [3.05, 3.63) is 47.5 Å². The standard InChI is InChI=1S/C19H19N5O2/c1-2-26-15-7-5-14(6-8-15)17-4-3-9-24(17)19(25)12-23-13-22-16(10-20)18(23)11-21/h5-8,13,17H,2-4,9,12H2,1H3/t17-/m0/s1. The summed E-state index contributed by atoms with van der Waals surface area (Å²) in [7, 11) is 0. The smallest absolute Gasteiger partial charge is 0.243 e. The first-order valence-corrected chi connectivity index (χ1v) is 8.55. The quantitative estimate of drug-likeness (QED) is 0.826. The van der Waals surface area contributed by atoms with Gasteiger partial charge in [-0.2, -0.15) is 10.5 Å². The largest absolute Gasteiger partial charge is 0.494 e. The van der Waals surface area contributed by atoms with E-state index >= 15 is 0 Å². The zero-order chi connectivity index (χ0) is 18.5. The predicted molar refractivity (Wildman–Crippen MR) is 93.0 cm³/mol. The van der Waals surface area contributed by atoms with E-state index in [-0.39, 0.29) is 29.9 Å². The number of rotatable bonds is 5. The molecule has 2 heterocycles. The van der Waals surface area contributed by atoms with Crippen LogP contribution in [0, 0.1) is 22.7 Å². The lowest BCUT2D eigenvalue weighted by Crippen LogP contribution is -2.33. The SMILES string of the molecule is CCOc1ccc([C@@H]2CCCN2C(=O)Cn2cnc(C#N)c2C#N)cc1. The molecule has 1 aliphatic heterocycles. The van der Waals surface area contributed by atoms with E-state index in [0.717, 1.165) is 24.2 Å². The zero-order valence-corrected chi connectivity index (χ0v) is 14.6. The van der Waals surface area contributed by atoms with Crippen LogP contribution in [-0.4, -0.2) is 33.5 Å². The Labute approximate surface area is 152 Å². The maximum absolute atomic E-state index is 12.8. The molecular formula is C19H19N5O2. The fourth-order valence-electron chi connectivity index (χ4n) is 3.30. The Morgan fingerprint density at radius 2 is 2.08 bits per heavy atom. The molecular weight excluding hydrogens is 330 g/mol. The van der Waals surface area contributed by atoms with Crippen LogP contribution in [0.1, 0.15) is 42.8 Å². The van der Waals surface area contributed by atoms with Gasteiger partial charge in [-0.25, -0.2) is 4.98 Å². The Balaban J connectivity index is 1.76. The molecule has 1 saturated heterocycles. The third kappa shape index (κ3) is 3.38. The first-order valence-electron chi connectivity index (χ1n) is 8.55. The second-order valence-electron chi connectivity index (χ2n) is 6.04. The molecule has 1 aromatic heterocycles. The highest BCUT2D eigenvalue weighted by Crippen LogP contribution is 2.33. The molecule has 0 N–H and O–H groups in total. The van der Waals surface area contributed by atoms with Crippen LogP contribution in [-0.2, 0) is 11.3 Å². The second-order valence-corrected chi connectivity index (χ2v) is 6.04. The normalized spacial score (nSPS) is 16.1. The molecule has 7 nitrogen and oxygen atoms in total. The Kier molecular flexibility index (Phi) is 5.19. The summed E-state index contributed by atoms with van der Waals surface area (Å²) in [6, 6.07) is 11.7. The molecule has 1 aliphatic rings. The molecule has 1 aromatic carbocycles. The van der Waals surface area contributed by atoms with Gasteiger partial charge in [0, 0.05) is 6.54 Å². The highest BCUT2D eigenvalue weighted by Gasteiger charge is 2.30. The topological polar surface area (TPSA) is 94.9 Å². The van der Waals surface area contributed by atoms with Crippen LogP contribution in [0.5, 0.6) is 5.75 Å².